The third-order valence-corrected chi connectivity index (χ3v) is 8.10. The minimum atomic E-state index is -0.924. The number of carbonyl (C=O) groups is 1. The number of hydrogen-bond acceptors (Lipinski definition) is 6. The highest BCUT2D eigenvalue weighted by Gasteiger charge is 2.51. The topological polar surface area (TPSA) is 90.5 Å². The van der Waals surface area contributed by atoms with Crippen LogP contribution < -0.4 is 15.7 Å². The molecule has 0 aromatic heterocycles. The van der Waals surface area contributed by atoms with E-state index in [2.05, 4.69) is 5.32 Å². The third kappa shape index (κ3) is 3.29. The molecule has 0 spiro atoms. The van der Waals surface area contributed by atoms with Crippen molar-refractivity contribution in [2.24, 2.45) is 17.8 Å². The summed E-state index contributed by atoms with van der Waals surface area (Å²) >= 11 is 1.73. The normalized spacial score (nSPS) is 46.6. The first kappa shape index (κ1) is 19.0. The lowest BCUT2D eigenvalue weighted by atomic mass is 9.66. The van der Waals surface area contributed by atoms with Crippen molar-refractivity contribution in [3.8, 4) is 0 Å². The van der Waals surface area contributed by atoms with Crippen LogP contribution in [0, 0.1) is 17.8 Å². The highest BCUT2D eigenvalue weighted by atomic mass is 32.2. The maximum absolute atomic E-state index is 13.2. The van der Waals surface area contributed by atoms with Gasteiger partial charge in [0, 0.05) is 38.8 Å². The van der Waals surface area contributed by atoms with Crippen LogP contribution in [0.5, 0.6) is 0 Å². The van der Waals surface area contributed by atoms with E-state index >= 15 is 0 Å². The van der Waals surface area contributed by atoms with Gasteiger partial charge in [0.2, 0.25) is 11.4 Å². The molecule has 7 unspecified atom stereocenters. The summed E-state index contributed by atoms with van der Waals surface area (Å²) in [6.07, 6.45) is 3.12. The minimum absolute atomic E-state index is 0.0228. The van der Waals surface area contributed by atoms with E-state index in [1.165, 1.54) is 0 Å². The Hall–Kier alpha value is -0.380. The quantitative estimate of drug-likeness (QED) is 0.617. The number of hydrogen-bond donors (Lipinski definition) is 2. The summed E-state index contributed by atoms with van der Waals surface area (Å²) in [4.78, 5) is 15.1. The van der Waals surface area contributed by atoms with Crippen LogP contribution in [0.15, 0.2) is 0 Å². The highest BCUT2D eigenvalue weighted by molar-refractivity contribution is 7.99. The Morgan fingerprint density at radius 3 is 2.81 bits per heavy atom. The van der Waals surface area contributed by atoms with Crippen molar-refractivity contribution in [3.63, 3.8) is 0 Å². The van der Waals surface area contributed by atoms with Crippen molar-refractivity contribution in [3.05, 3.63) is 0 Å². The van der Waals surface area contributed by atoms with Crippen LogP contribution in [0.3, 0.4) is 0 Å². The van der Waals surface area contributed by atoms with Gasteiger partial charge in [-0.25, -0.2) is 0 Å². The molecule has 3 aliphatic heterocycles. The number of ether oxygens (including phenoxy) is 2. The molecule has 4 aliphatic rings. The molecule has 3 saturated heterocycles. The summed E-state index contributed by atoms with van der Waals surface area (Å²) in [6.45, 7) is 1.65. The number of methoxy groups -OCH3 is 2. The highest BCUT2D eigenvalue weighted by Crippen LogP contribution is 2.42. The Morgan fingerprint density at radius 1 is 1.27 bits per heavy atom. The Morgan fingerprint density at radius 2 is 2.04 bits per heavy atom. The molecule has 3 heterocycles. The first-order valence-corrected chi connectivity index (χ1v) is 10.9. The first-order chi connectivity index (χ1) is 12.6. The molecule has 0 aromatic carbocycles. The summed E-state index contributed by atoms with van der Waals surface area (Å²) in [5, 5.41) is 18.4. The predicted molar refractivity (Wildman–Crippen MR) is 96.0 cm³/mol. The lowest BCUT2D eigenvalue weighted by Crippen LogP contribution is -3.05. The van der Waals surface area contributed by atoms with Gasteiger partial charge in [-0.2, -0.15) is 0 Å². The predicted octanol–water partition coefficient (Wildman–Crippen LogP) is -1.47. The average molecular weight is 386 g/mol. The van der Waals surface area contributed by atoms with Gasteiger partial charge in [0.05, 0.1) is 18.1 Å². The molecule has 26 heavy (non-hydrogen) atoms. The zero-order chi connectivity index (χ0) is 18.3. The standard InChI is InChI=1S/C18H30N3O4S/c1-24-12-8-10-4-5-19-15(11(10)9-13(12)25-2)14-16(22)20-18-21(17(14)23)6-3-7-26-18/h10-16,18-20H,3-9H2,1-2H3/q-1/p+1/t10?,11?,12?,13?,14?,15-,16?,18?/m1/s1. The van der Waals surface area contributed by atoms with Crippen LogP contribution in [0.2, 0.25) is 0 Å². The summed E-state index contributed by atoms with van der Waals surface area (Å²) < 4.78 is 11.3. The van der Waals surface area contributed by atoms with E-state index in [1.54, 1.807) is 26.0 Å². The number of nitrogens with one attached hydrogen (secondary N) is 1. The van der Waals surface area contributed by atoms with E-state index in [9.17, 15) is 9.90 Å². The van der Waals surface area contributed by atoms with Crippen LogP contribution >= 0.6 is 11.8 Å². The van der Waals surface area contributed by atoms with Gasteiger partial charge in [-0.05, 0) is 44.1 Å². The van der Waals surface area contributed by atoms with Gasteiger partial charge in [-0.3, -0.25) is 9.69 Å². The maximum atomic E-state index is 13.2. The molecular weight excluding hydrogens is 354 g/mol. The Balaban J connectivity index is 1.55. The molecule has 7 nitrogen and oxygen atoms in total. The monoisotopic (exact) mass is 385 g/mol. The van der Waals surface area contributed by atoms with Crippen LogP contribution in [-0.2, 0) is 14.3 Å². The molecule has 4 rings (SSSR count). The lowest BCUT2D eigenvalue weighted by Gasteiger charge is -2.53. The fourth-order valence-electron chi connectivity index (χ4n) is 5.51. The molecule has 148 valence electrons. The molecule has 0 bridgehead atoms. The van der Waals surface area contributed by atoms with Crippen molar-refractivity contribution >= 4 is 17.7 Å². The fraction of sp³-hybridized carbons (Fsp3) is 0.944. The van der Waals surface area contributed by atoms with E-state index in [-0.39, 0.29) is 29.7 Å². The van der Waals surface area contributed by atoms with Crippen molar-refractivity contribution in [2.45, 2.75) is 55.7 Å². The van der Waals surface area contributed by atoms with Gasteiger partial charge in [0.25, 0.3) is 0 Å². The zero-order valence-corrected chi connectivity index (χ0v) is 16.5. The Kier molecular flexibility index (Phi) is 5.78. The van der Waals surface area contributed by atoms with Gasteiger partial charge in [0.1, 0.15) is 0 Å². The second kappa shape index (κ2) is 7.93. The molecule has 0 radical (unpaired) electrons. The third-order valence-electron chi connectivity index (χ3n) is 6.82. The van der Waals surface area contributed by atoms with Crippen LogP contribution in [-0.4, -0.2) is 73.8 Å². The van der Waals surface area contributed by atoms with Gasteiger partial charge >= 0.3 is 0 Å². The number of piperidine rings is 1. The number of quaternary nitrogens is 1. The molecular formula is C18H31N3O4S. The number of amides is 1. The van der Waals surface area contributed by atoms with E-state index in [1.807, 2.05) is 10.2 Å². The summed E-state index contributed by atoms with van der Waals surface area (Å²) in [6, 6.07) is -0.0525. The van der Waals surface area contributed by atoms with Gasteiger partial charge in [-0.15, -0.1) is 0 Å². The minimum Gasteiger partial charge on any atom is -0.806 e. The number of rotatable bonds is 3. The number of fused-ring (bicyclic) bond motifs is 2. The molecule has 1 aliphatic carbocycles. The molecule has 4 fully saturated rings. The first-order valence-electron chi connectivity index (χ1n) is 9.86. The molecule has 8 heteroatoms. The second-order valence-electron chi connectivity index (χ2n) is 8.04. The Bertz CT molecular complexity index is 525. The molecule has 1 amide bonds. The average Bonchev–Trinajstić information content (AvgIpc) is 2.67. The van der Waals surface area contributed by atoms with Crippen molar-refractivity contribution in [2.75, 3.05) is 33.1 Å². The van der Waals surface area contributed by atoms with Crippen molar-refractivity contribution in [1.29, 1.82) is 0 Å². The summed E-state index contributed by atoms with van der Waals surface area (Å²) in [7, 11) is 3.48. The SMILES string of the molecule is COC1CC2CCN[C@@H](C3C(=O)N4CCCSC4[NH2+]C3[O-])C2CC1OC. The van der Waals surface area contributed by atoms with E-state index in [0.29, 0.717) is 11.8 Å². The van der Waals surface area contributed by atoms with E-state index in [0.717, 1.165) is 44.5 Å². The number of carbonyl (C=O) groups excluding carboxylic acids is 1. The molecule has 8 atom stereocenters. The lowest BCUT2D eigenvalue weighted by molar-refractivity contribution is -0.841. The molecule has 3 N–H and O–H groups in total. The maximum Gasteiger partial charge on any atom is 0.236 e. The summed E-state index contributed by atoms with van der Waals surface area (Å²) in [5.41, 5.74) is -0.0228. The van der Waals surface area contributed by atoms with E-state index in [4.69, 9.17) is 9.47 Å². The smallest absolute Gasteiger partial charge is 0.236 e. The van der Waals surface area contributed by atoms with Gasteiger partial charge < -0.3 is 25.2 Å². The van der Waals surface area contributed by atoms with Crippen LogP contribution in [0.1, 0.15) is 25.7 Å². The number of nitrogens with zero attached hydrogens (tertiary/aromatic N) is 1. The number of nitrogens with two attached hydrogens (primary N) is 1. The van der Waals surface area contributed by atoms with E-state index < -0.39 is 12.1 Å². The van der Waals surface area contributed by atoms with Gasteiger partial charge in [-0.1, -0.05) is 11.8 Å². The summed E-state index contributed by atoms with van der Waals surface area (Å²) in [5.74, 6) is 1.39. The van der Waals surface area contributed by atoms with Crippen molar-refractivity contribution in [1.82, 2.24) is 10.2 Å². The largest absolute Gasteiger partial charge is 0.806 e. The molecule has 0 aromatic rings. The van der Waals surface area contributed by atoms with Gasteiger partial charge in [0.15, 0.2) is 0 Å². The Labute approximate surface area is 159 Å². The van der Waals surface area contributed by atoms with Crippen molar-refractivity contribution < 1.29 is 24.7 Å². The molecule has 1 saturated carbocycles. The van der Waals surface area contributed by atoms with Crippen LogP contribution in [0.4, 0.5) is 0 Å². The fourth-order valence-corrected chi connectivity index (χ4v) is 6.70. The number of thioether (sulfide) groups is 1. The zero-order valence-electron chi connectivity index (χ0n) is 15.6. The van der Waals surface area contributed by atoms with Crippen LogP contribution in [0.25, 0.3) is 0 Å². The second-order valence-corrected chi connectivity index (χ2v) is 9.27.